The van der Waals surface area contributed by atoms with Crippen molar-refractivity contribution in [2.45, 2.75) is 12.8 Å². The molecular formula is C13H17NO2S. The summed E-state index contributed by atoms with van der Waals surface area (Å²) in [7, 11) is 1.62. The largest absolute Gasteiger partial charge is 0.497 e. The van der Waals surface area contributed by atoms with Crippen LogP contribution in [0.15, 0.2) is 24.3 Å². The van der Waals surface area contributed by atoms with Gasteiger partial charge in [-0.15, -0.1) is 0 Å². The van der Waals surface area contributed by atoms with Gasteiger partial charge in [0.1, 0.15) is 5.75 Å². The van der Waals surface area contributed by atoms with Crippen LogP contribution >= 0.6 is 11.8 Å². The van der Waals surface area contributed by atoms with Crippen LogP contribution in [-0.2, 0) is 4.79 Å². The summed E-state index contributed by atoms with van der Waals surface area (Å²) in [6, 6.07) is 7.48. The number of benzene rings is 1. The lowest BCUT2D eigenvalue weighted by Gasteiger charge is -2.20. The second kappa shape index (κ2) is 5.96. The minimum absolute atomic E-state index is 0.138. The summed E-state index contributed by atoms with van der Waals surface area (Å²) in [5.74, 6) is 3.26. The van der Waals surface area contributed by atoms with E-state index in [0.717, 1.165) is 35.8 Å². The van der Waals surface area contributed by atoms with Crippen LogP contribution in [0.2, 0.25) is 0 Å². The van der Waals surface area contributed by atoms with Gasteiger partial charge in [0.2, 0.25) is 5.91 Å². The molecule has 3 nitrogen and oxygen atoms in total. The van der Waals surface area contributed by atoms with Crippen molar-refractivity contribution in [1.29, 1.82) is 0 Å². The first-order valence-corrected chi connectivity index (χ1v) is 6.98. The first-order chi connectivity index (χ1) is 8.29. The van der Waals surface area contributed by atoms with E-state index in [1.807, 2.05) is 36.0 Å². The highest BCUT2D eigenvalue weighted by Crippen LogP contribution is 2.24. The highest BCUT2D eigenvalue weighted by atomic mass is 32.2. The van der Waals surface area contributed by atoms with Crippen LogP contribution in [0.5, 0.6) is 5.75 Å². The average Bonchev–Trinajstić information content (AvgIpc) is 2.40. The molecule has 1 amide bonds. The molecule has 0 saturated carbocycles. The van der Waals surface area contributed by atoms with E-state index in [1.165, 1.54) is 0 Å². The van der Waals surface area contributed by atoms with Crippen molar-refractivity contribution in [2.75, 3.05) is 23.9 Å². The van der Waals surface area contributed by atoms with Gasteiger partial charge in [0.05, 0.1) is 7.11 Å². The van der Waals surface area contributed by atoms with E-state index in [9.17, 15) is 4.79 Å². The maximum absolute atomic E-state index is 12.0. The van der Waals surface area contributed by atoms with Crippen molar-refractivity contribution in [3.05, 3.63) is 24.3 Å². The predicted molar refractivity (Wildman–Crippen MR) is 71.7 cm³/mol. The van der Waals surface area contributed by atoms with Gasteiger partial charge in [0.25, 0.3) is 0 Å². The summed E-state index contributed by atoms with van der Waals surface area (Å²) in [4.78, 5) is 12.0. The van der Waals surface area contributed by atoms with Crippen molar-refractivity contribution in [3.63, 3.8) is 0 Å². The van der Waals surface area contributed by atoms with E-state index in [1.54, 1.807) is 7.11 Å². The molecule has 92 valence electrons. The SMILES string of the molecule is COc1cccc(NC(=O)C2CCSCC2)c1. The summed E-state index contributed by atoms with van der Waals surface area (Å²) in [5, 5.41) is 2.96. The van der Waals surface area contributed by atoms with Crippen molar-refractivity contribution in [1.82, 2.24) is 0 Å². The summed E-state index contributed by atoms with van der Waals surface area (Å²) in [6.45, 7) is 0. The van der Waals surface area contributed by atoms with E-state index < -0.39 is 0 Å². The Morgan fingerprint density at radius 1 is 1.41 bits per heavy atom. The normalized spacial score (nSPS) is 16.5. The molecule has 1 aromatic rings. The van der Waals surface area contributed by atoms with Gasteiger partial charge in [-0.05, 0) is 36.5 Å². The molecule has 1 aliphatic heterocycles. The van der Waals surface area contributed by atoms with Gasteiger partial charge in [0, 0.05) is 17.7 Å². The van der Waals surface area contributed by atoms with Gasteiger partial charge in [-0.3, -0.25) is 4.79 Å². The third-order valence-corrected chi connectivity index (χ3v) is 3.98. The predicted octanol–water partition coefficient (Wildman–Crippen LogP) is 2.78. The topological polar surface area (TPSA) is 38.3 Å². The first-order valence-electron chi connectivity index (χ1n) is 5.82. The zero-order chi connectivity index (χ0) is 12.1. The maximum atomic E-state index is 12.0. The Morgan fingerprint density at radius 3 is 2.88 bits per heavy atom. The fourth-order valence-corrected chi connectivity index (χ4v) is 3.01. The minimum atomic E-state index is 0.138. The van der Waals surface area contributed by atoms with Gasteiger partial charge in [-0.25, -0.2) is 0 Å². The Hall–Kier alpha value is -1.16. The molecule has 1 aromatic carbocycles. The molecule has 0 spiro atoms. The van der Waals surface area contributed by atoms with Gasteiger partial charge in [0.15, 0.2) is 0 Å². The average molecular weight is 251 g/mol. The molecule has 0 bridgehead atoms. The number of nitrogens with one attached hydrogen (secondary N) is 1. The molecule has 17 heavy (non-hydrogen) atoms. The maximum Gasteiger partial charge on any atom is 0.227 e. The monoisotopic (exact) mass is 251 g/mol. The van der Waals surface area contributed by atoms with E-state index in [-0.39, 0.29) is 11.8 Å². The van der Waals surface area contributed by atoms with Crippen molar-refractivity contribution < 1.29 is 9.53 Å². The second-order valence-electron chi connectivity index (χ2n) is 4.11. The van der Waals surface area contributed by atoms with Crippen LogP contribution in [0.1, 0.15) is 12.8 Å². The molecule has 1 saturated heterocycles. The Morgan fingerprint density at radius 2 is 2.18 bits per heavy atom. The molecule has 0 radical (unpaired) electrons. The molecule has 4 heteroatoms. The molecule has 1 aliphatic rings. The van der Waals surface area contributed by atoms with Crippen molar-refractivity contribution >= 4 is 23.4 Å². The lowest BCUT2D eigenvalue weighted by atomic mass is 10.0. The zero-order valence-corrected chi connectivity index (χ0v) is 10.8. The lowest BCUT2D eigenvalue weighted by molar-refractivity contribution is -0.120. The van der Waals surface area contributed by atoms with Gasteiger partial charge >= 0.3 is 0 Å². The van der Waals surface area contributed by atoms with Crippen LogP contribution < -0.4 is 10.1 Å². The van der Waals surface area contributed by atoms with Gasteiger partial charge < -0.3 is 10.1 Å². The molecule has 2 rings (SSSR count). The number of amides is 1. The fourth-order valence-electron chi connectivity index (χ4n) is 1.90. The van der Waals surface area contributed by atoms with Crippen molar-refractivity contribution in [3.8, 4) is 5.75 Å². The molecule has 1 fully saturated rings. The Kier molecular flexibility index (Phi) is 4.31. The van der Waals surface area contributed by atoms with Gasteiger partial charge in [-0.1, -0.05) is 6.07 Å². The first kappa shape index (κ1) is 12.3. The third kappa shape index (κ3) is 3.40. The summed E-state index contributed by atoms with van der Waals surface area (Å²) in [6.07, 6.45) is 1.97. The minimum Gasteiger partial charge on any atom is -0.497 e. The number of carbonyl (C=O) groups excluding carboxylic acids is 1. The number of hydrogen-bond donors (Lipinski definition) is 1. The molecule has 0 atom stereocenters. The smallest absolute Gasteiger partial charge is 0.227 e. The summed E-state index contributed by atoms with van der Waals surface area (Å²) in [5.41, 5.74) is 0.813. The quantitative estimate of drug-likeness (QED) is 0.897. The number of anilines is 1. The van der Waals surface area contributed by atoms with Crippen LogP contribution in [0.25, 0.3) is 0 Å². The molecule has 1 N–H and O–H groups in total. The third-order valence-electron chi connectivity index (χ3n) is 2.93. The zero-order valence-electron chi connectivity index (χ0n) is 9.94. The van der Waals surface area contributed by atoms with E-state index in [4.69, 9.17) is 4.74 Å². The van der Waals surface area contributed by atoms with Crippen LogP contribution in [0, 0.1) is 5.92 Å². The highest BCUT2D eigenvalue weighted by molar-refractivity contribution is 7.99. The number of carbonyl (C=O) groups is 1. The molecule has 1 heterocycles. The van der Waals surface area contributed by atoms with Crippen LogP contribution in [-0.4, -0.2) is 24.5 Å². The molecule has 0 aromatic heterocycles. The Bertz CT molecular complexity index is 389. The lowest BCUT2D eigenvalue weighted by Crippen LogP contribution is -2.26. The Balaban J connectivity index is 1.96. The number of rotatable bonds is 3. The van der Waals surface area contributed by atoms with Crippen LogP contribution in [0.3, 0.4) is 0 Å². The number of ether oxygens (including phenoxy) is 1. The van der Waals surface area contributed by atoms with Crippen molar-refractivity contribution in [2.24, 2.45) is 5.92 Å². The fraction of sp³-hybridized carbons (Fsp3) is 0.462. The highest BCUT2D eigenvalue weighted by Gasteiger charge is 2.21. The molecular weight excluding hydrogens is 234 g/mol. The van der Waals surface area contributed by atoms with E-state index in [2.05, 4.69) is 5.32 Å². The molecule has 0 unspecified atom stereocenters. The Labute approximate surface area is 106 Å². The standard InChI is InChI=1S/C13H17NO2S/c1-16-12-4-2-3-11(9-12)14-13(15)10-5-7-17-8-6-10/h2-4,9-10H,5-8H2,1H3,(H,14,15). The number of methoxy groups -OCH3 is 1. The summed E-state index contributed by atoms with van der Waals surface area (Å²) >= 11 is 1.93. The van der Waals surface area contributed by atoms with E-state index in [0.29, 0.717) is 0 Å². The van der Waals surface area contributed by atoms with E-state index >= 15 is 0 Å². The summed E-state index contributed by atoms with van der Waals surface area (Å²) < 4.78 is 5.13. The van der Waals surface area contributed by atoms with Gasteiger partial charge in [-0.2, -0.15) is 11.8 Å². The number of hydrogen-bond acceptors (Lipinski definition) is 3. The molecule has 0 aliphatic carbocycles. The second-order valence-corrected chi connectivity index (χ2v) is 5.33. The van der Waals surface area contributed by atoms with Crippen LogP contribution in [0.4, 0.5) is 5.69 Å². The number of thioether (sulfide) groups is 1.